The lowest BCUT2D eigenvalue weighted by Crippen LogP contribution is -2.30. The standard InChI is InChI=1S/C14H19FN2/c1-9-10-4-5-14(2,3)12-11(15)8-17(13(10)12)7-6-16-9/h4,8-9,16H,5-7H2,1-3H3. The van der Waals surface area contributed by atoms with Gasteiger partial charge in [0.1, 0.15) is 5.82 Å². The minimum Gasteiger partial charge on any atom is -0.343 e. The van der Waals surface area contributed by atoms with E-state index >= 15 is 0 Å². The maximum atomic E-state index is 14.2. The van der Waals surface area contributed by atoms with Crippen LogP contribution in [-0.2, 0) is 12.0 Å². The Labute approximate surface area is 102 Å². The average Bonchev–Trinajstić information content (AvgIpc) is 2.49. The van der Waals surface area contributed by atoms with E-state index in [9.17, 15) is 4.39 Å². The highest BCUT2D eigenvalue weighted by molar-refractivity contribution is 5.73. The second kappa shape index (κ2) is 3.45. The molecule has 2 heterocycles. The molecular formula is C14H19FN2. The Morgan fingerprint density at radius 1 is 1.47 bits per heavy atom. The molecule has 2 aliphatic rings. The second-order valence-corrected chi connectivity index (χ2v) is 5.82. The van der Waals surface area contributed by atoms with Crippen molar-refractivity contribution in [1.82, 2.24) is 9.88 Å². The molecule has 1 aromatic rings. The number of hydrogen-bond donors (Lipinski definition) is 1. The molecule has 2 nitrogen and oxygen atoms in total. The summed E-state index contributed by atoms with van der Waals surface area (Å²) in [5, 5.41) is 3.47. The maximum Gasteiger partial charge on any atom is 0.145 e. The van der Waals surface area contributed by atoms with Crippen LogP contribution in [0, 0.1) is 5.82 Å². The van der Waals surface area contributed by atoms with E-state index in [0.717, 1.165) is 30.8 Å². The number of allylic oxidation sites excluding steroid dienone is 1. The molecule has 1 unspecified atom stereocenters. The van der Waals surface area contributed by atoms with Crippen LogP contribution in [0.25, 0.3) is 5.57 Å². The number of aromatic nitrogens is 1. The number of rotatable bonds is 0. The van der Waals surface area contributed by atoms with Gasteiger partial charge in [-0.3, -0.25) is 0 Å². The van der Waals surface area contributed by atoms with Gasteiger partial charge in [0.2, 0.25) is 0 Å². The zero-order valence-electron chi connectivity index (χ0n) is 10.7. The fraction of sp³-hybridized carbons (Fsp3) is 0.571. The second-order valence-electron chi connectivity index (χ2n) is 5.82. The molecule has 0 fully saturated rings. The zero-order chi connectivity index (χ0) is 12.2. The molecule has 0 saturated heterocycles. The Morgan fingerprint density at radius 3 is 3.00 bits per heavy atom. The van der Waals surface area contributed by atoms with E-state index in [0.29, 0.717) is 6.04 Å². The molecule has 3 rings (SSSR count). The molecule has 1 atom stereocenters. The monoisotopic (exact) mass is 234 g/mol. The van der Waals surface area contributed by atoms with Crippen molar-refractivity contribution in [1.29, 1.82) is 0 Å². The van der Waals surface area contributed by atoms with Crippen molar-refractivity contribution in [2.24, 2.45) is 0 Å². The first-order valence-corrected chi connectivity index (χ1v) is 6.33. The highest BCUT2D eigenvalue weighted by Gasteiger charge is 2.36. The molecule has 0 saturated carbocycles. The van der Waals surface area contributed by atoms with Crippen LogP contribution in [0.5, 0.6) is 0 Å². The molecule has 1 N–H and O–H groups in total. The van der Waals surface area contributed by atoms with Gasteiger partial charge in [0.15, 0.2) is 0 Å². The highest BCUT2D eigenvalue weighted by atomic mass is 19.1. The Balaban J connectivity index is 2.28. The van der Waals surface area contributed by atoms with E-state index in [2.05, 4.69) is 36.7 Å². The minimum absolute atomic E-state index is 0.0373. The number of nitrogens with one attached hydrogen (secondary N) is 1. The van der Waals surface area contributed by atoms with Crippen LogP contribution in [0.2, 0.25) is 0 Å². The van der Waals surface area contributed by atoms with E-state index in [4.69, 9.17) is 0 Å². The van der Waals surface area contributed by atoms with Crippen LogP contribution < -0.4 is 5.32 Å². The average molecular weight is 234 g/mol. The van der Waals surface area contributed by atoms with E-state index in [1.54, 1.807) is 6.20 Å². The van der Waals surface area contributed by atoms with Crippen molar-refractivity contribution in [2.75, 3.05) is 6.54 Å². The van der Waals surface area contributed by atoms with Crippen LogP contribution in [0.4, 0.5) is 4.39 Å². The third-order valence-electron chi connectivity index (χ3n) is 4.08. The lowest BCUT2D eigenvalue weighted by Gasteiger charge is -2.31. The van der Waals surface area contributed by atoms with Gasteiger partial charge in [0, 0.05) is 30.9 Å². The molecule has 3 heteroatoms. The first-order chi connectivity index (χ1) is 8.00. The summed E-state index contributed by atoms with van der Waals surface area (Å²) in [7, 11) is 0. The van der Waals surface area contributed by atoms with Gasteiger partial charge in [-0.1, -0.05) is 19.9 Å². The SMILES string of the molecule is CC1NCCn2cc(F)c3c2C1=CCC3(C)C. The van der Waals surface area contributed by atoms with Gasteiger partial charge >= 0.3 is 0 Å². The lowest BCUT2D eigenvalue weighted by molar-refractivity contribution is 0.485. The van der Waals surface area contributed by atoms with Crippen LogP contribution in [0.1, 0.15) is 38.4 Å². The Kier molecular flexibility index (Phi) is 2.24. The van der Waals surface area contributed by atoms with Gasteiger partial charge in [0.25, 0.3) is 0 Å². The first-order valence-electron chi connectivity index (χ1n) is 6.33. The fourth-order valence-corrected chi connectivity index (χ4v) is 3.11. The molecule has 0 radical (unpaired) electrons. The summed E-state index contributed by atoms with van der Waals surface area (Å²) >= 11 is 0. The third kappa shape index (κ3) is 1.48. The van der Waals surface area contributed by atoms with Crippen LogP contribution in [0.15, 0.2) is 12.3 Å². The summed E-state index contributed by atoms with van der Waals surface area (Å²) in [4.78, 5) is 0. The fourth-order valence-electron chi connectivity index (χ4n) is 3.11. The quantitative estimate of drug-likeness (QED) is 0.730. The summed E-state index contributed by atoms with van der Waals surface area (Å²) in [6, 6.07) is 0.320. The summed E-state index contributed by atoms with van der Waals surface area (Å²) in [5.74, 6) is -0.0373. The van der Waals surface area contributed by atoms with Crippen molar-refractivity contribution in [3.8, 4) is 0 Å². The van der Waals surface area contributed by atoms with Crippen LogP contribution in [0.3, 0.4) is 0 Å². The van der Waals surface area contributed by atoms with E-state index in [1.807, 2.05) is 0 Å². The number of nitrogens with zero attached hydrogens (tertiary/aromatic N) is 1. The molecule has 0 amide bonds. The van der Waals surface area contributed by atoms with Crippen molar-refractivity contribution >= 4 is 5.57 Å². The normalized spacial score (nSPS) is 26.1. The predicted octanol–water partition coefficient (Wildman–Crippen LogP) is 2.68. The molecule has 1 aliphatic carbocycles. The van der Waals surface area contributed by atoms with Gasteiger partial charge in [-0.05, 0) is 24.3 Å². The molecule has 92 valence electrons. The number of halogens is 1. The minimum atomic E-state index is -0.0851. The zero-order valence-corrected chi connectivity index (χ0v) is 10.7. The number of hydrogen-bond acceptors (Lipinski definition) is 1. The van der Waals surface area contributed by atoms with Crippen LogP contribution >= 0.6 is 0 Å². The predicted molar refractivity (Wildman–Crippen MR) is 67.5 cm³/mol. The summed E-state index contributed by atoms with van der Waals surface area (Å²) in [6.07, 6.45) is 4.87. The Hall–Kier alpha value is -1.09. The smallest absolute Gasteiger partial charge is 0.145 e. The van der Waals surface area contributed by atoms with Crippen molar-refractivity contribution in [3.63, 3.8) is 0 Å². The van der Waals surface area contributed by atoms with E-state index in [-0.39, 0.29) is 11.2 Å². The van der Waals surface area contributed by atoms with E-state index < -0.39 is 0 Å². The maximum absolute atomic E-state index is 14.2. The largest absolute Gasteiger partial charge is 0.343 e. The van der Waals surface area contributed by atoms with Gasteiger partial charge in [-0.25, -0.2) is 4.39 Å². The summed E-state index contributed by atoms with van der Waals surface area (Å²) < 4.78 is 16.2. The summed E-state index contributed by atoms with van der Waals surface area (Å²) in [6.45, 7) is 8.17. The summed E-state index contributed by atoms with van der Waals surface area (Å²) in [5.41, 5.74) is 3.21. The van der Waals surface area contributed by atoms with Gasteiger partial charge < -0.3 is 9.88 Å². The van der Waals surface area contributed by atoms with E-state index in [1.165, 1.54) is 5.57 Å². The molecule has 1 aromatic heterocycles. The highest BCUT2D eigenvalue weighted by Crippen LogP contribution is 2.42. The van der Waals surface area contributed by atoms with Crippen molar-refractivity contribution in [2.45, 2.75) is 45.2 Å². The van der Waals surface area contributed by atoms with Crippen molar-refractivity contribution < 1.29 is 4.39 Å². The molecule has 0 bridgehead atoms. The third-order valence-corrected chi connectivity index (χ3v) is 4.08. The Morgan fingerprint density at radius 2 is 2.24 bits per heavy atom. The van der Waals surface area contributed by atoms with Crippen molar-refractivity contribution in [3.05, 3.63) is 29.3 Å². The van der Waals surface area contributed by atoms with Gasteiger partial charge in [-0.15, -0.1) is 0 Å². The Bertz CT molecular complexity index is 497. The first kappa shape index (κ1) is 11.0. The van der Waals surface area contributed by atoms with Gasteiger partial charge in [0.05, 0.1) is 5.69 Å². The molecule has 17 heavy (non-hydrogen) atoms. The molecule has 0 aromatic carbocycles. The molecule has 0 spiro atoms. The lowest BCUT2D eigenvalue weighted by atomic mass is 9.75. The topological polar surface area (TPSA) is 17.0 Å². The van der Waals surface area contributed by atoms with Crippen LogP contribution in [-0.4, -0.2) is 17.2 Å². The molecular weight excluding hydrogens is 215 g/mol. The van der Waals surface area contributed by atoms with Gasteiger partial charge in [-0.2, -0.15) is 0 Å². The molecule has 1 aliphatic heterocycles.